The molecule has 0 aromatic heterocycles. The number of aryl methyl sites for hydroxylation is 1. The summed E-state index contributed by atoms with van der Waals surface area (Å²) in [4.78, 5) is 35.7. The standard InChI is InChI=1S/C20H19ClO7/c1-25-17-6-4-12(8-16(17)21)5-7-18(22)28-15-10-13(19(23)26-2)9-14(11-15)20(24)27-3/h4,6,8-11H,5,7H2,1-3H3. The van der Waals surface area contributed by atoms with Crippen LogP contribution in [0.4, 0.5) is 0 Å². The van der Waals surface area contributed by atoms with Gasteiger partial charge in [-0.05, 0) is 42.3 Å². The van der Waals surface area contributed by atoms with Crippen LogP contribution in [0.2, 0.25) is 5.02 Å². The van der Waals surface area contributed by atoms with Crippen molar-refractivity contribution in [3.63, 3.8) is 0 Å². The number of carbonyl (C=O) groups excluding carboxylic acids is 3. The maximum Gasteiger partial charge on any atom is 0.338 e. The first kappa shape index (κ1) is 21.2. The molecule has 2 aromatic carbocycles. The van der Waals surface area contributed by atoms with E-state index in [0.717, 1.165) is 5.56 Å². The lowest BCUT2D eigenvalue weighted by atomic mass is 10.1. The van der Waals surface area contributed by atoms with Crippen molar-refractivity contribution in [1.82, 2.24) is 0 Å². The minimum Gasteiger partial charge on any atom is -0.495 e. The van der Waals surface area contributed by atoms with Gasteiger partial charge in [0, 0.05) is 6.42 Å². The van der Waals surface area contributed by atoms with Crippen LogP contribution in [0.1, 0.15) is 32.7 Å². The van der Waals surface area contributed by atoms with E-state index in [1.807, 2.05) is 0 Å². The fraction of sp³-hybridized carbons (Fsp3) is 0.250. The number of carbonyl (C=O) groups is 3. The molecule has 0 N–H and O–H groups in total. The van der Waals surface area contributed by atoms with Crippen LogP contribution in [0.5, 0.6) is 11.5 Å². The van der Waals surface area contributed by atoms with Crippen LogP contribution in [-0.4, -0.2) is 39.2 Å². The van der Waals surface area contributed by atoms with Crippen molar-refractivity contribution >= 4 is 29.5 Å². The Morgan fingerprint density at radius 2 is 1.50 bits per heavy atom. The zero-order valence-electron chi connectivity index (χ0n) is 15.6. The van der Waals surface area contributed by atoms with Crippen LogP contribution in [0.3, 0.4) is 0 Å². The van der Waals surface area contributed by atoms with Crippen LogP contribution in [0.15, 0.2) is 36.4 Å². The minimum absolute atomic E-state index is 0.0427. The number of rotatable bonds is 7. The summed E-state index contributed by atoms with van der Waals surface area (Å²) < 4.78 is 19.6. The topological polar surface area (TPSA) is 88.1 Å². The lowest BCUT2D eigenvalue weighted by Gasteiger charge is -2.09. The second-order valence-corrected chi connectivity index (χ2v) is 6.08. The number of ether oxygens (including phenoxy) is 4. The summed E-state index contributed by atoms with van der Waals surface area (Å²) in [6.45, 7) is 0. The van der Waals surface area contributed by atoms with Crippen molar-refractivity contribution in [3.05, 3.63) is 58.1 Å². The molecule has 8 heteroatoms. The first-order valence-electron chi connectivity index (χ1n) is 8.22. The quantitative estimate of drug-likeness (QED) is 0.514. The summed E-state index contributed by atoms with van der Waals surface area (Å²) in [6.07, 6.45) is 0.460. The zero-order valence-corrected chi connectivity index (χ0v) is 16.4. The van der Waals surface area contributed by atoms with E-state index in [0.29, 0.717) is 17.2 Å². The van der Waals surface area contributed by atoms with Gasteiger partial charge >= 0.3 is 17.9 Å². The number of esters is 3. The molecule has 2 aromatic rings. The highest BCUT2D eigenvalue weighted by molar-refractivity contribution is 6.32. The maximum atomic E-state index is 12.2. The van der Waals surface area contributed by atoms with Crippen LogP contribution in [0, 0.1) is 0 Å². The molecule has 0 aliphatic carbocycles. The molecule has 0 heterocycles. The van der Waals surface area contributed by atoms with Gasteiger partial charge in [-0.2, -0.15) is 0 Å². The summed E-state index contributed by atoms with van der Waals surface area (Å²) in [7, 11) is 3.93. The Morgan fingerprint density at radius 1 is 0.893 bits per heavy atom. The SMILES string of the molecule is COC(=O)c1cc(OC(=O)CCc2ccc(OC)c(Cl)c2)cc(C(=O)OC)c1. The second-order valence-electron chi connectivity index (χ2n) is 5.67. The van der Waals surface area contributed by atoms with Gasteiger partial charge in [-0.25, -0.2) is 9.59 Å². The number of benzene rings is 2. The molecule has 0 saturated heterocycles. The highest BCUT2D eigenvalue weighted by atomic mass is 35.5. The third-order valence-corrected chi connectivity index (χ3v) is 4.11. The predicted octanol–water partition coefficient (Wildman–Crippen LogP) is 3.46. The average molecular weight is 407 g/mol. The van der Waals surface area contributed by atoms with Crippen molar-refractivity contribution in [2.75, 3.05) is 21.3 Å². The lowest BCUT2D eigenvalue weighted by Crippen LogP contribution is -2.12. The van der Waals surface area contributed by atoms with Crippen molar-refractivity contribution < 1.29 is 33.3 Å². The van der Waals surface area contributed by atoms with E-state index in [1.54, 1.807) is 18.2 Å². The van der Waals surface area contributed by atoms with E-state index in [2.05, 4.69) is 9.47 Å². The Bertz CT molecular complexity index is 858. The third kappa shape index (κ3) is 5.47. The molecule has 0 saturated carbocycles. The Kier molecular flexibility index (Phi) is 7.40. The number of methoxy groups -OCH3 is 3. The molecular weight excluding hydrogens is 388 g/mol. The first-order chi connectivity index (χ1) is 13.4. The summed E-state index contributed by atoms with van der Waals surface area (Å²) in [5.74, 6) is -1.29. The van der Waals surface area contributed by atoms with E-state index < -0.39 is 17.9 Å². The highest BCUT2D eigenvalue weighted by Gasteiger charge is 2.16. The first-order valence-corrected chi connectivity index (χ1v) is 8.60. The van der Waals surface area contributed by atoms with Gasteiger partial charge in [0.05, 0.1) is 37.5 Å². The van der Waals surface area contributed by atoms with E-state index in [9.17, 15) is 14.4 Å². The molecule has 0 radical (unpaired) electrons. The summed E-state index contributed by atoms with van der Waals surface area (Å²) in [5.41, 5.74) is 0.964. The van der Waals surface area contributed by atoms with Crippen LogP contribution < -0.4 is 9.47 Å². The Balaban J connectivity index is 2.10. The van der Waals surface area contributed by atoms with Gasteiger partial charge < -0.3 is 18.9 Å². The molecule has 0 bridgehead atoms. The Labute approximate surface area is 167 Å². The van der Waals surface area contributed by atoms with E-state index >= 15 is 0 Å². The summed E-state index contributed by atoms with van der Waals surface area (Å²) in [5, 5.41) is 0.446. The third-order valence-electron chi connectivity index (χ3n) is 3.81. The maximum absolute atomic E-state index is 12.2. The molecule has 0 aliphatic rings. The van der Waals surface area contributed by atoms with Crippen molar-refractivity contribution in [1.29, 1.82) is 0 Å². The molecule has 0 atom stereocenters. The van der Waals surface area contributed by atoms with Crippen LogP contribution >= 0.6 is 11.6 Å². The van der Waals surface area contributed by atoms with Gasteiger partial charge in [0.25, 0.3) is 0 Å². The number of hydrogen-bond acceptors (Lipinski definition) is 7. The fourth-order valence-corrected chi connectivity index (χ4v) is 2.70. The normalized spacial score (nSPS) is 10.1. The molecule has 0 spiro atoms. The molecule has 0 amide bonds. The van der Waals surface area contributed by atoms with Crippen molar-refractivity contribution in [2.45, 2.75) is 12.8 Å². The molecular formula is C20H19ClO7. The zero-order chi connectivity index (χ0) is 20.7. The monoisotopic (exact) mass is 406 g/mol. The molecule has 28 heavy (non-hydrogen) atoms. The molecule has 0 aliphatic heterocycles. The second kappa shape index (κ2) is 9.75. The minimum atomic E-state index is -0.670. The van der Waals surface area contributed by atoms with Gasteiger partial charge in [-0.1, -0.05) is 17.7 Å². The van der Waals surface area contributed by atoms with Gasteiger partial charge in [0.15, 0.2) is 0 Å². The van der Waals surface area contributed by atoms with Gasteiger partial charge in [-0.15, -0.1) is 0 Å². The molecule has 0 fully saturated rings. The van der Waals surface area contributed by atoms with Crippen LogP contribution in [0.25, 0.3) is 0 Å². The average Bonchev–Trinajstić information content (AvgIpc) is 2.70. The highest BCUT2D eigenvalue weighted by Crippen LogP contribution is 2.25. The van der Waals surface area contributed by atoms with Crippen LogP contribution in [-0.2, 0) is 20.7 Å². The Morgan fingerprint density at radius 3 is 2.00 bits per heavy atom. The number of hydrogen-bond donors (Lipinski definition) is 0. The van der Waals surface area contributed by atoms with Crippen molar-refractivity contribution in [3.8, 4) is 11.5 Å². The van der Waals surface area contributed by atoms with Gasteiger partial charge in [0.1, 0.15) is 11.5 Å². The number of halogens is 1. The molecule has 2 rings (SSSR count). The summed E-state index contributed by atoms with van der Waals surface area (Å²) >= 11 is 6.07. The van der Waals surface area contributed by atoms with Gasteiger partial charge in [0.2, 0.25) is 0 Å². The van der Waals surface area contributed by atoms with Crippen molar-refractivity contribution in [2.24, 2.45) is 0 Å². The Hall–Kier alpha value is -3.06. The van der Waals surface area contributed by atoms with E-state index in [4.69, 9.17) is 21.1 Å². The molecule has 148 valence electrons. The largest absolute Gasteiger partial charge is 0.495 e. The van der Waals surface area contributed by atoms with Gasteiger partial charge in [-0.3, -0.25) is 4.79 Å². The lowest BCUT2D eigenvalue weighted by molar-refractivity contribution is -0.134. The van der Waals surface area contributed by atoms with E-state index in [1.165, 1.54) is 39.5 Å². The van der Waals surface area contributed by atoms with E-state index in [-0.39, 0.29) is 23.3 Å². The molecule has 7 nitrogen and oxygen atoms in total. The molecule has 0 unspecified atom stereocenters. The summed E-state index contributed by atoms with van der Waals surface area (Å²) in [6, 6.07) is 9.16. The fourth-order valence-electron chi connectivity index (χ4n) is 2.42. The smallest absolute Gasteiger partial charge is 0.338 e. The predicted molar refractivity (Wildman–Crippen MR) is 101 cm³/mol.